The van der Waals surface area contributed by atoms with E-state index in [4.69, 9.17) is 10.5 Å². The van der Waals surface area contributed by atoms with E-state index < -0.39 is 23.2 Å². The van der Waals surface area contributed by atoms with Crippen LogP contribution in [0.25, 0.3) is 11.1 Å². The largest absolute Gasteiger partial charge is 0.491 e. The van der Waals surface area contributed by atoms with Crippen LogP contribution in [0.15, 0.2) is 48.1 Å². The number of thiazole rings is 1. The Morgan fingerprint density at radius 3 is 2.52 bits per heavy atom. The van der Waals surface area contributed by atoms with Gasteiger partial charge < -0.3 is 15.8 Å². The van der Waals surface area contributed by atoms with E-state index in [0.29, 0.717) is 17.5 Å². The third-order valence-electron chi connectivity index (χ3n) is 4.68. The fraction of sp³-hybridized carbons (Fsp3) is 0.348. The van der Waals surface area contributed by atoms with E-state index >= 15 is 0 Å². The van der Waals surface area contributed by atoms with Crippen LogP contribution in [0.2, 0.25) is 0 Å². The van der Waals surface area contributed by atoms with Crippen molar-refractivity contribution < 1.29 is 22.7 Å². The predicted molar refractivity (Wildman–Crippen MR) is 122 cm³/mol. The molecule has 1 atom stereocenters. The Bertz CT molecular complexity index is 1100. The Hall–Kier alpha value is -2.98. The number of aromatic nitrogens is 2. The van der Waals surface area contributed by atoms with Crippen molar-refractivity contribution in [2.75, 3.05) is 11.9 Å². The number of alkyl halides is 3. The Labute approximate surface area is 194 Å². The molecule has 0 radical (unpaired) electrons. The first-order chi connectivity index (χ1) is 15.4. The zero-order valence-electron chi connectivity index (χ0n) is 18.4. The summed E-state index contributed by atoms with van der Waals surface area (Å²) in [7, 11) is 0. The Kier molecular flexibility index (Phi) is 7.38. The number of nitrogens with two attached hydrogens (primary N) is 1. The fourth-order valence-corrected chi connectivity index (χ4v) is 4.01. The maximum atomic E-state index is 13.8. The predicted octanol–water partition coefficient (Wildman–Crippen LogP) is 5.62. The highest BCUT2D eigenvalue weighted by Gasteiger charge is 2.35. The highest BCUT2D eigenvalue weighted by molar-refractivity contribution is 7.11. The Morgan fingerprint density at radius 1 is 1.15 bits per heavy atom. The number of hydrogen-bond acceptors (Lipinski definition) is 6. The first kappa shape index (κ1) is 24.7. The van der Waals surface area contributed by atoms with Crippen LogP contribution >= 0.6 is 11.3 Å². The van der Waals surface area contributed by atoms with Gasteiger partial charge >= 0.3 is 6.18 Å². The zero-order valence-corrected chi connectivity index (χ0v) is 19.3. The number of pyridine rings is 1. The van der Waals surface area contributed by atoms with Gasteiger partial charge in [-0.15, -0.1) is 11.3 Å². The lowest BCUT2D eigenvalue weighted by atomic mass is 9.93. The second-order valence-corrected chi connectivity index (χ2v) is 9.37. The highest BCUT2D eigenvalue weighted by atomic mass is 32.1. The molecule has 2 aromatic heterocycles. The summed E-state index contributed by atoms with van der Waals surface area (Å²) in [5, 5.41) is 4.52. The van der Waals surface area contributed by atoms with E-state index in [1.807, 2.05) is 13.8 Å². The van der Waals surface area contributed by atoms with E-state index in [0.717, 1.165) is 6.07 Å². The topological polar surface area (TPSA) is 90.1 Å². The SMILES string of the molecule is CC(C)C[C@](C)(N)COc1ccc(-c2ccnc(NC(=O)c3nccs3)c2)cc1C(F)(F)F. The summed E-state index contributed by atoms with van der Waals surface area (Å²) in [5.41, 5.74) is 5.29. The summed E-state index contributed by atoms with van der Waals surface area (Å²) >= 11 is 1.17. The van der Waals surface area contributed by atoms with Crippen LogP contribution in [-0.4, -0.2) is 28.0 Å². The van der Waals surface area contributed by atoms with Crippen molar-refractivity contribution in [3.05, 3.63) is 58.7 Å². The zero-order chi connectivity index (χ0) is 24.2. The first-order valence-corrected chi connectivity index (χ1v) is 11.1. The molecule has 3 rings (SSSR count). The molecule has 6 nitrogen and oxygen atoms in total. The van der Waals surface area contributed by atoms with Crippen LogP contribution in [0, 0.1) is 5.92 Å². The van der Waals surface area contributed by atoms with Gasteiger partial charge in [0.05, 0.1) is 5.56 Å². The van der Waals surface area contributed by atoms with Crippen LogP contribution in [0.4, 0.5) is 19.0 Å². The van der Waals surface area contributed by atoms with E-state index in [9.17, 15) is 18.0 Å². The molecule has 0 saturated heterocycles. The lowest BCUT2D eigenvalue weighted by Crippen LogP contribution is -2.43. The van der Waals surface area contributed by atoms with Crippen LogP contribution in [0.5, 0.6) is 5.75 Å². The van der Waals surface area contributed by atoms with Gasteiger partial charge in [0.25, 0.3) is 5.91 Å². The number of carbonyl (C=O) groups excluding carboxylic acids is 1. The van der Waals surface area contributed by atoms with E-state index in [-0.39, 0.29) is 29.1 Å². The number of amides is 1. The van der Waals surface area contributed by atoms with E-state index in [2.05, 4.69) is 15.3 Å². The van der Waals surface area contributed by atoms with Crippen molar-refractivity contribution in [3.8, 4) is 16.9 Å². The quantitative estimate of drug-likeness (QED) is 0.439. The van der Waals surface area contributed by atoms with Crippen molar-refractivity contribution in [1.29, 1.82) is 0 Å². The number of anilines is 1. The maximum absolute atomic E-state index is 13.8. The molecule has 0 aliphatic heterocycles. The summed E-state index contributed by atoms with van der Waals surface area (Å²) in [6.45, 7) is 5.69. The van der Waals surface area contributed by atoms with Gasteiger partial charge in [-0.05, 0) is 54.7 Å². The second kappa shape index (κ2) is 9.88. The van der Waals surface area contributed by atoms with E-state index in [1.54, 1.807) is 18.4 Å². The van der Waals surface area contributed by atoms with Crippen molar-refractivity contribution in [1.82, 2.24) is 9.97 Å². The van der Waals surface area contributed by atoms with Gasteiger partial charge in [0.15, 0.2) is 5.01 Å². The minimum atomic E-state index is -4.62. The molecule has 0 aliphatic carbocycles. The number of halogens is 3. The summed E-state index contributed by atoms with van der Waals surface area (Å²) < 4.78 is 46.9. The average Bonchev–Trinajstić information content (AvgIpc) is 3.26. The number of nitrogens with one attached hydrogen (secondary N) is 1. The van der Waals surface area contributed by atoms with Gasteiger partial charge in [-0.3, -0.25) is 4.79 Å². The molecule has 3 aromatic rings. The van der Waals surface area contributed by atoms with Gasteiger partial charge in [0, 0.05) is 23.3 Å². The van der Waals surface area contributed by atoms with Crippen LogP contribution in [0.3, 0.4) is 0 Å². The van der Waals surface area contributed by atoms with Crippen molar-refractivity contribution in [2.45, 2.75) is 38.9 Å². The number of carbonyl (C=O) groups is 1. The van der Waals surface area contributed by atoms with Crippen LogP contribution in [0.1, 0.15) is 42.6 Å². The molecule has 0 bridgehead atoms. The molecule has 0 fully saturated rings. The highest BCUT2D eigenvalue weighted by Crippen LogP contribution is 2.39. The standard InChI is InChI=1S/C23H25F3N4O2S/c1-14(2)12-22(3,27)13-32-18-5-4-15(10-17(18)23(24,25)26)16-6-7-28-19(11-16)30-20(31)21-29-8-9-33-21/h4-11,14H,12-13,27H2,1-3H3,(H,28,30,31)/t22-/m0/s1. The molecule has 33 heavy (non-hydrogen) atoms. The van der Waals surface area contributed by atoms with Crippen LogP contribution < -0.4 is 15.8 Å². The van der Waals surface area contributed by atoms with Crippen molar-refractivity contribution in [2.24, 2.45) is 11.7 Å². The van der Waals surface area contributed by atoms with Gasteiger partial charge in [-0.2, -0.15) is 13.2 Å². The molecule has 10 heteroatoms. The fourth-order valence-electron chi connectivity index (χ4n) is 3.47. The summed E-state index contributed by atoms with van der Waals surface area (Å²) in [4.78, 5) is 20.2. The average molecular weight is 479 g/mol. The molecule has 3 N–H and O–H groups in total. The Balaban J connectivity index is 1.85. The number of nitrogens with zero attached hydrogens (tertiary/aromatic N) is 2. The second-order valence-electron chi connectivity index (χ2n) is 8.47. The van der Waals surface area contributed by atoms with Crippen LogP contribution in [-0.2, 0) is 6.18 Å². The first-order valence-electron chi connectivity index (χ1n) is 10.2. The third-order valence-corrected chi connectivity index (χ3v) is 5.45. The number of ether oxygens (including phenoxy) is 1. The van der Waals surface area contributed by atoms with Crippen molar-refractivity contribution >= 4 is 23.1 Å². The maximum Gasteiger partial charge on any atom is 0.419 e. The molecule has 1 aromatic carbocycles. The van der Waals surface area contributed by atoms with Gasteiger partial charge in [0.1, 0.15) is 18.2 Å². The van der Waals surface area contributed by atoms with E-state index in [1.165, 1.54) is 41.9 Å². The van der Waals surface area contributed by atoms with Gasteiger partial charge in [-0.25, -0.2) is 9.97 Å². The molecule has 1 amide bonds. The molecule has 0 aliphatic rings. The lowest BCUT2D eigenvalue weighted by molar-refractivity contribution is -0.139. The lowest BCUT2D eigenvalue weighted by Gasteiger charge is -2.27. The minimum absolute atomic E-state index is 0.0458. The number of rotatable bonds is 8. The molecule has 0 unspecified atom stereocenters. The molecule has 0 saturated carbocycles. The number of benzene rings is 1. The van der Waals surface area contributed by atoms with Gasteiger partial charge in [-0.1, -0.05) is 19.9 Å². The Morgan fingerprint density at radius 2 is 1.88 bits per heavy atom. The molecular weight excluding hydrogens is 453 g/mol. The molecule has 2 heterocycles. The summed E-state index contributed by atoms with van der Waals surface area (Å²) in [6.07, 6.45) is -1.10. The minimum Gasteiger partial charge on any atom is -0.491 e. The smallest absolute Gasteiger partial charge is 0.419 e. The summed E-state index contributed by atoms with van der Waals surface area (Å²) in [5.74, 6) is -0.238. The van der Waals surface area contributed by atoms with Gasteiger partial charge in [0.2, 0.25) is 0 Å². The molecule has 176 valence electrons. The molecule has 0 spiro atoms. The molecular formula is C23H25F3N4O2S. The summed E-state index contributed by atoms with van der Waals surface area (Å²) in [6, 6.07) is 6.91. The normalized spacial score (nSPS) is 13.6. The third kappa shape index (κ3) is 6.75. The number of hydrogen-bond donors (Lipinski definition) is 2. The monoisotopic (exact) mass is 478 g/mol. The van der Waals surface area contributed by atoms with Crippen molar-refractivity contribution in [3.63, 3.8) is 0 Å².